The number of anilines is 1. The fourth-order valence-electron chi connectivity index (χ4n) is 2.46. The largest absolute Gasteiger partial charge is 0.416 e. The van der Waals surface area contributed by atoms with Gasteiger partial charge in [0, 0.05) is 12.2 Å². The second kappa shape index (κ2) is 4.44. The average molecular weight is 258 g/mol. The highest BCUT2D eigenvalue weighted by Gasteiger charge is 2.35. The summed E-state index contributed by atoms with van der Waals surface area (Å²) >= 11 is 0. The minimum Gasteiger partial charge on any atom is -0.367 e. The summed E-state index contributed by atoms with van der Waals surface area (Å²) in [6.45, 7) is 4.26. The summed E-state index contributed by atoms with van der Waals surface area (Å²) in [5.74, 6) is 0.310. The Kier molecular flexibility index (Phi) is 3.25. The zero-order valence-electron chi connectivity index (χ0n) is 10.5. The van der Waals surface area contributed by atoms with E-state index in [4.69, 9.17) is 0 Å². The molecule has 18 heavy (non-hydrogen) atoms. The highest BCUT2D eigenvalue weighted by atomic mass is 19.4. The monoisotopic (exact) mass is 258 g/mol. The molecule has 1 aromatic rings. The Balaban J connectivity index is 2.15. The summed E-state index contributed by atoms with van der Waals surface area (Å²) in [6, 6.07) is 2.26. The molecule has 1 unspecified atom stereocenters. The number of hydrogen-bond acceptors (Lipinski definition) is 2. The van der Waals surface area contributed by atoms with Crippen molar-refractivity contribution in [3.8, 4) is 0 Å². The van der Waals surface area contributed by atoms with Crippen LogP contribution in [0.1, 0.15) is 38.7 Å². The van der Waals surface area contributed by atoms with Gasteiger partial charge in [-0.05, 0) is 30.4 Å². The third-order valence-electron chi connectivity index (χ3n) is 3.67. The first-order chi connectivity index (χ1) is 8.29. The number of nitrogens with zero attached hydrogens (tertiary/aromatic N) is 1. The molecule has 0 saturated heterocycles. The quantitative estimate of drug-likeness (QED) is 0.864. The van der Waals surface area contributed by atoms with Gasteiger partial charge in [0.25, 0.3) is 0 Å². The van der Waals surface area contributed by atoms with Crippen LogP contribution < -0.4 is 5.32 Å². The number of aromatic nitrogens is 1. The minimum absolute atomic E-state index is 0.107. The summed E-state index contributed by atoms with van der Waals surface area (Å²) < 4.78 is 37.7. The van der Waals surface area contributed by atoms with E-state index in [2.05, 4.69) is 24.1 Å². The van der Waals surface area contributed by atoms with Crippen molar-refractivity contribution >= 4 is 5.82 Å². The van der Waals surface area contributed by atoms with Crippen LogP contribution in [-0.2, 0) is 6.18 Å². The number of alkyl halides is 3. The predicted molar refractivity (Wildman–Crippen MR) is 64.3 cm³/mol. The van der Waals surface area contributed by atoms with E-state index < -0.39 is 11.7 Å². The molecular weight excluding hydrogens is 241 g/mol. The Morgan fingerprint density at radius 1 is 1.39 bits per heavy atom. The zero-order chi connectivity index (χ0) is 13.4. The molecule has 1 aliphatic carbocycles. The maximum atomic E-state index is 12.6. The zero-order valence-corrected chi connectivity index (χ0v) is 10.5. The van der Waals surface area contributed by atoms with E-state index in [0.717, 1.165) is 31.4 Å². The molecule has 1 aromatic heterocycles. The lowest BCUT2D eigenvalue weighted by molar-refractivity contribution is -0.137. The standard InChI is InChI=1S/C13H17F3N2/c1-12(2)6-3-4-10(12)18-11-8-9(5-7-17-11)13(14,15)16/h5,7-8,10H,3-4,6H2,1-2H3,(H,17,18). The lowest BCUT2D eigenvalue weighted by atomic mass is 9.87. The molecule has 100 valence electrons. The maximum Gasteiger partial charge on any atom is 0.416 e. The Morgan fingerprint density at radius 3 is 2.67 bits per heavy atom. The van der Waals surface area contributed by atoms with E-state index in [9.17, 15) is 13.2 Å². The molecule has 0 aliphatic heterocycles. The van der Waals surface area contributed by atoms with Gasteiger partial charge in [0.2, 0.25) is 0 Å². The van der Waals surface area contributed by atoms with Gasteiger partial charge in [-0.1, -0.05) is 20.3 Å². The fourth-order valence-corrected chi connectivity index (χ4v) is 2.46. The van der Waals surface area contributed by atoms with Crippen molar-refractivity contribution < 1.29 is 13.2 Å². The molecule has 5 heteroatoms. The molecule has 1 aliphatic rings. The number of nitrogens with one attached hydrogen (secondary N) is 1. The van der Waals surface area contributed by atoms with Crippen molar-refractivity contribution in [1.82, 2.24) is 4.98 Å². The number of pyridine rings is 1. The van der Waals surface area contributed by atoms with Gasteiger partial charge in [0.1, 0.15) is 5.82 Å². The third kappa shape index (κ3) is 2.76. The first kappa shape index (κ1) is 13.2. The summed E-state index contributed by atoms with van der Waals surface area (Å²) in [5.41, 5.74) is -0.550. The topological polar surface area (TPSA) is 24.9 Å². The van der Waals surface area contributed by atoms with Crippen molar-refractivity contribution in [2.45, 2.75) is 45.3 Å². The van der Waals surface area contributed by atoms with Gasteiger partial charge in [-0.15, -0.1) is 0 Å². The van der Waals surface area contributed by atoms with Gasteiger partial charge in [-0.25, -0.2) is 4.98 Å². The van der Waals surface area contributed by atoms with Crippen LogP contribution in [0.15, 0.2) is 18.3 Å². The van der Waals surface area contributed by atoms with Crippen molar-refractivity contribution in [2.24, 2.45) is 5.41 Å². The Bertz CT molecular complexity index is 426. The van der Waals surface area contributed by atoms with Gasteiger partial charge < -0.3 is 5.32 Å². The van der Waals surface area contributed by atoms with Gasteiger partial charge in [-0.3, -0.25) is 0 Å². The van der Waals surface area contributed by atoms with Crippen molar-refractivity contribution in [2.75, 3.05) is 5.32 Å². The molecule has 0 spiro atoms. The summed E-state index contributed by atoms with van der Waals surface area (Å²) in [4.78, 5) is 3.97. The summed E-state index contributed by atoms with van der Waals surface area (Å²) in [5, 5.41) is 3.13. The summed E-state index contributed by atoms with van der Waals surface area (Å²) in [6.07, 6.45) is 0.0514. The molecule has 1 atom stereocenters. The molecule has 1 fully saturated rings. The Labute approximate surface area is 105 Å². The van der Waals surface area contributed by atoms with E-state index in [0.29, 0.717) is 5.82 Å². The van der Waals surface area contributed by atoms with E-state index in [1.54, 1.807) is 0 Å². The van der Waals surface area contributed by atoms with Gasteiger partial charge in [-0.2, -0.15) is 13.2 Å². The van der Waals surface area contributed by atoms with Gasteiger partial charge >= 0.3 is 6.18 Å². The normalized spacial score (nSPS) is 23.1. The molecule has 1 saturated carbocycles. The van der Waals surface area contributed by atoms with E-state index in [1.165, 1.54) is 6.20 Å². The van der Waals surface area contributed by atoms with E-state index in [-0.39, 0.29) is 11.5 Å². The van der Waals surface area contributed by atoms with Crippen LogP contribution in [0, 0.1) is 5.41 Å². The smallest absolute Gasteiger partial charge is 0.367 e. The van der Waals surface area contributed by atoms with Crippen LogP contribution in [-0.4, -0.2) is 11.0 Å². The minimum atomic E-state index is -4.31. The molecule has 1 heterocycles. The second-order valence-corrected chi connectivity index (χ2v) is 5.51. The van der Waals surface area contributed by atoms with Crippen LogP contribution in [0.25, 0.3) is 0 Å². The molecular formula is C13H17F3N2. The van der Waals surface area contributed by atoms with Crippen LogP contribution in [0.4, 0.5) is 19.0 Å². The second-order valence-electron chi connectivity index (χ2n) is 5.51. The SMILES string of the molecule is CC1(C)CCCC1Nc1cc(C(F)(F)F)ccn1. The Morgan fingerprint density at radius 2 is 2.11 bits per heavy atom. The lowest BCUT2D eigenvalue weighted by Gasteiger charge is -2.28. The Hall–Kier alpha value is -1.26. The van der Waals surface area contributed by atoms with Crippen molar-refractivity contribution in [3.63, 3.8) is 0 Å². The molecule has 2 nitrogen and oxygen atoms in total. The van der Waals surface area contributed by atoms with Gasteiger partial charge in [0.15, 0.2) is 0 Å². The van der Waals surface area contributed by atoms with Crippen molar-refractivity contribution in [3.05, 3.63) is 23.9 Å². The first-order valence-electron chi connectivity index (χ1n) is 6.09. The maximum absolute atomic E-state index is 12.6. The molecule has 0 amide bonds. The van der Waals surface area contributed by atoms with Crippen LogP contribution in [0.2, 0.25) is 0 Å². The highest BCUT2D eigenvalue weighted by Crippen LogP contribution is 2.39. The average Bonchev–Trinajstić information content (AvgIpc) is 2.58. The van der Waals surface area contributed by atoms with Crippen LogP contribution >= 0.6 is 0 Å². The van der Waals surface area contributed by atoms with E-state index >= 15 is 0 Å². The van der Waals surface area contributed by atoms with Gasteiger partial charge in [0.05, 0.1) is 5.56 Å². The fraction of sp³-hybridized carbons (Fsp3) is 0.615. The van der Waals surface area contributed by atoms with Crippen LogP contribution in [0.3, 0.4) is 0 Å². The predicted octanol–water partition coefficient (Wildman–Crippen LogP) is 4.09. The molecule has 0 bridgehead atoms. The van der Waals surface area contributed by atoms with E-state index in [1.807, 2.05) is 0 Å². The molecule has 0 radical (unpaired) electrons. The molecule has 0 aromatic carbocycles. The number of rotatable bonds is 2. The van der Waals surface area contributed by atoms with Crippen molar-refractivity contribution in [1.29, 1.82) is 0 Å². The molecule has 1 N–H and O–H groups in total. The third-order valence-corrected chi connectivity index (χ3v) is 3.67. The lowest BCUT2D eigenvalue weighted by Crippen LogP contribution is -2.31. The molecule has 2 rings (SSSR count). The number of hydrogen-bond donors (Lipinski definition) is 1. The van der Waals surface area contributed by atoms with Crippen LogP contribution in [0.5, 0.6) is 0 Å². The highest BCUT2D eigenvalue weighted by molar-refractivity contribution is 5.40. The summed E-state index contributed by atoms with van der Waals surface area (Å²) in [7, 11) is 0. The first-order valence-corrected chi connectivity index (χ1v) is 6.09. The number of halogens is 3.